The molecule has 9 heteroatoms. The Morgan fingerprint density at radius 3 is 2.83 bits per heavy atom. The van der Waals surface area contributed by atoms with E-state index >= 15 is 0 Å². The minimum atomic E-state index is -4.72. The maximum absolute atomic E-state index is 12.0. The number of anilines is 1. The normalized spacial score (nSPS) is 12.9. The van der Waals surface area contributed by atoms with Gasteiger partial charge in [0.1, 0.15) is 5.82 Å². The molecule has 0 amide bonds. The molecule has 1 heterocycles. The van der Waals surface area contributed by atoms with Gasteiger partial charge < -0.3 is 15.2 Å². The van der Waals surface area contributed by atoms with Crippen LogP contribution in [0.2, 0.25) is 0 Å². The highest BCUT2D eigenvalue weighted by Crippen LogP contribution is 2.20. The second-order valence-electron chi connectivity index (χ2n) is 3.20. The summed E-state index contributed by atoms with van der Waals surface area (Å²) in [5.74, 6) is -1.12. The highest BCUT2D eigenvalue weighted by molar-refractivity contribution is 5.85. The summed E-state index contributed by atoms with van der Waals surface area (Å²) in [6, 6.07) is 1.26. The standard InChI is InChI=1S/C9H10F3N3O3/c1-18-8(17)7-13-3-2-6(15-7)14-4-5(16)9(10,11)12/h2-3,5,16H,4H2,1H3,(H,13,14,15). The van der Waals surface area contributed by atoms with Gasteiger partial charge in [-0.05, 0) is 6.07 Å². The van der Waals surface area contributed by atoms with Crippen LogP contribution in [0, 0.1) is 0 Å². The summed E-state index contributed by atoms with van der Waals surface area (Å²) in [6.07, 6.45) is -6.05. The number of nitrogens with zero attached hydrogens (tertiary/aromatic N) is 2. The fourth-order valence-electron chi connectivity index (χ4n) is 0.964. The fraction of sp³-hybridized carbons (Fsp3) is 0.444. The van der Waals surface area contributed by atoms with Crippen molar-refractivity contribution in [2.45, 2.75) is 12.3 Å². The molecule has 1 unspecified atom stereocenters. The van der Waals surface area contributed by atoms with Crippen molar-refractivity contribution in [3.63, 3.8) is 0 Å². The first kappa shape index (κ1) is 14.2. The zero-order chi connectivity index (χ0) is 13.8. The van der Waals surface area contributed by atoms with E-state index in [0.717, 1.165) is 7.11 Å². The van der Waals surface area contributed by atoms with E-state index in [1.54, 1.807) is 0 Å². The monoisotopic (exact) mass is 265 g/mol. The van der Waals surface area contributed by atoms with Gasteiger partial charge in [-0.1, -0.05) is 0 Å². The second kappa shape index (κ2) is 5.63. The Labute approximate surface area is 99.8 Å². The number of rotatable bonds is 4. The number of alkyl halides is 3. The third-order valence-corrected chi connectivity index (χ3v) is 1.88. The number of carbonyl (C=O) groups is 1. The smallest absolute Gasteiger partial charge is 0.416 e. The van der Waals surface area contributed by atoms with Crippen LogP contribution in [0.25, 0.3) is 0 Å². The number of aliphatic hydroxyl groups excluding tert-OH is 1. The first-order valence-corrected chi connectivity index (χ1v) is 4.74. The van der Waals surface area contributed by atoms with Crippen LogP contribution in [0.5, 0.6) is 0 Å². The highest BCUT2D eigenvalue weighted by Gasteiger charge is 2.37. The molecule has 1 aromatic heterocycles. The Balaban J connectivity index is 2.66. The summed E-state index contributed by atoms with van der Waals surface area (Å²) in [6.45, 7) is -0.777. The predicted molar refractivity (Wildman–Crippen MR) is 53.9 cm³/mol. The molecular formula is C9H10F3N3O3. The Kier molecular flexibility index (Phi) is 4.43. The third kappa shape index (κ3) is 3.84. The van der Waals surface area contributed by atoms with E-state index in [-0.39, 0.29) is 11.6 Å². The first-order chi connectivity index (χ1) is 8.34. The Morgan fingerprint density at radius 1 is 1.61 bits per heavy atom. The van der Waals surface area contributed by atoms with Crippen LogP contribution in [0.4, 0.5) is 19.0 Å². The molecule has 100 valence electrons. The van der Waals surface area contributed by atoms with Crippen molar-refractivity contribution < 1.29 is 27.8 Å². The molecule has 0 fully saturated rings. The number of nitrogens with one attached hydrogen (secondary N) is 1. The Morgan fingerprint density at radius 2 is 2.28 bits per heavy atom. The Bertz CT molecular complexity index is 425. The molecule has 1 rings (SSSR count). The number of hydrogen-bond acceptors (Lipinski definition) is 6. The predicted octanol–water partition coefficient (Wildman–Crippen LogP) is 0.598. The lowest BCUT2D eigenvalue weighted by molar-refractivity contribution is -0.198. The van der Waals surface area contributed by atoms with Gasteiger partial charge in [-0.25, -0.2) is 14.8 Å². The van der Waals surface area contributed by atoms with E-state index < -0.39 is 24.8 Å². The largest absolute Gasteiger partial charge is 0.463 e. The fourth-order valence-corrected chi connectivity index (χ4v) is 0.964. The van der Waals surface area contributed by atoms with Gasteiger partial charge in [-0.15, -0.1) is 0 Å². The average Bonchev–Trinajstić information content (AvgIpc) is 2.34. The Hall–Kier alpha value is -1.90. The van der Waals surface area contributed by atoms with E-state index in [1.165, 1.54) is 12.3 Å². The SMILES string of the molecule is COC(=O)c1nccc(NCC(O)C(F)(F)F)n1. The van der Waals surface area contributed by atoms with Crippen molar-refractivity contribution in [3.8, 4) is 0 Å². The van der Waals surface area contributed by atoms with E-state index in [4.69, 9.17) is 5.11 Å². The van der Waals surface area contributed by atoms with Crippen molar-refractivity contribution in [1.29, 1.82) is 0 Å². The van der Waals surface area contributed by atoms with E-state index in [0.29, 0.717) is 0 Å². The molecule has 0 saturated carbocycles. The van der Waals surface area contributed by atoms with Crippen molar-refractivity contribution in [1.82, 2.24) is 9.97 Å². The third-order valence-electron chi connectivity index (χ3n) is 1.88. The minimum Gasteiger partial charge on any atom is -0.463 e. The van der Waals surface area contributed by atoms with Crippen LogP contribution in [0.3, 0.4) is 0 Å². The van der Waals surface area contributed by atoms with Gasteiger partial charge in [0.05, 0.1) is 13.7 Å². The molecule has 0 radical (unpaired) electrons. The molecule has 2 N–H and O–H groups in total. The highest BCUT2D eigenvalue weighted by atomic mass is 19.4. The number of ether oxygens (including phenoxy) is 1. The minimum absolute atomic E-state index is 0.0197. The van der Waals surface area contributed by atoms with Gasteiger partial charge in [0, 0.05) is 6.20 Å². The van der Waals surface area contributed by atoms with E-state index in [1.807, 2.05) is 0 Å². The average molecular weight is 265 g/mol. The molecule has 1 atom stereocenters. The second-order valence-corrected chi connectivity index (χ2v) is 3.20. The van der Waals surface area contributed by atoms with Crippen LogP contribution in [0.15, 0.2) is 12.3 Å². The van der Waals surface area contributed by atoms with Crippen molar-refractivity contribution in [2.75, 3.05) is 19.0 Å². The number of halogens is 3. The molecule has 0 aliphatic heterocycles. The molecule has 1 aromatic rings. The maximum Gasteiger partial charge on any atom is 0.416 e. The van der Waals surface area contributed by atoms with E-state index in [9.17, 15) is 18.0 Å². The van der Waals surface area contributed by atoms with Crippen LogP contribution >= 0.6 is 0 Å². The zero-order valence-corrected chi connectivity index (χ0v) is 9.23. The maximum atomic E-state index is 12.0. The number of aromatic nitrogens is 2. The van der Waals surface area contributed by atoms with Crippen molar-refractivity contribution in [3.05, 3.63) is 18.1 Å². The number of hydrogen-bond donors (Lipinski definition) is 2. The van der Waals surface area contributed by atoms with Crippen molar-refractivity contribution in [2.24, 2.45) is 0 Å². The number of methoxy groups -OCH3 is 1. The van der Waals surface area contributed by atoms with Crippen LogP contribution in [-0.2, 0) is 4.74 Å². The van der Waals surface area contributed by atoms with Gasteiger partial charge in [-0.2, -0.15) is 13.2 Å². The number of esters is 1. The summed E-state index contributed by atoms with van der Waals surface area (Å²) in [5.41, 5.74) is 0. The molecule has 18 heavy (non-hydrogen) atoms. The molecule has 0 spiro atoms. The van der Waals surface area contributed by atoms with Gasteiger partial charge in [0.2, 0.25) is 5.82 Å². The quantitative estimate of drug-likeness (QED) is 0.775. The lowest BCUT2D eigenvalue weighted by Crippen LogP contribution is -2.35. The van der Waals surface area contributed by atoms with Gasteiger partial charge >= 0.3 is 12.1 Å². The molecule has 6 nitrogen and oxygen atoms in total. The van der Waals surface area contributed by atoms with Gasteiger partial charge in [-0.3, -0.25) is 0 Å². The zero-order valence-electron chi connectivity index (χ0n) is 9.23. The topological polar surface area (TPSA) is 84.3 Å². The van der Waals surface area contributed by atoms with E-state index in [2.05, 4.69) is 20.0 Å². The van der Waals surface area contributed by atoms with Crippen LogP contribution in [0.1, 0.15) is 10.6 Å². The summed E-state index contributed by atoms with van der Waals surface area (Å²) in [5, 5.41) is 11.0. The summed E-state index contributed by atoms with van der Waals surface area (Å²) in [4.78, 5) is 18.3. The molecular weight excluding hydrogens is 255 g/mol. The van der Waals surface area contributed by atoms with Crippen LogP contribution < -0.4 is 5.32 Å². The number of aliphatic hydroxyl groups is 1. The molecule has 0 saturated heterocycles. The summed E-state index contributed by atoms with van der Waals surface area (Å²) < 4.78 is 40.4. The molecule has 0 bridgehead atoms. The molecule has 0 aliphatic rings. The summed E-state index contributed by atoms with van der Waals surface area (Å²) >= 11 is 0. The van der Waals surface area contributed by atoms with Gasteiger partial charge in [0.15, 0.2) is 6.10 Å². The van der Waals surface area contributed by atoms with Gasteiger partial charge in [0.25, 0.3) is 0 Å². The summed E-state index contributed by atoms with van der Waals surface area (Å²) in [7, 11) is 1.12. The van der Waals surface area contributed by atoms with Crippen molar-refractivity contribution >= 4 is 11.8 Å². The first-order valence-electron chi connectivity index (χ1n) is 4.74. The molecule has 0 aromatic carbocycles. The lowest BCUT2D eigenvalue weighted by atomic mass is 10.3. The number of carbonyl (C=O) groups excluding carboxylic acids is 1. The van der Waals surface area contributed by atoms with Crippen LogP contribution in [-0.4, -0.2) is 47.0 Å². The lowest BCUT2D eigenvalue weighted by Gasteiger charge is -2.15. The molecule has 0 aliphatic carbocycles.